The first-order chi connectivity index (χ1) is 14.0. The maximum Gasteiger partial charge on any atom is 0.294 e. The fraction of sp³-hybridized carbons (Fsp3) is 0. The minimum absolute atomic E-state index is 0.0864. The lowest BCUT2D eigenvalue weighted by molar-refractivity contribution is -0.384. The summed E-state index contributed by atoms with van der Waals surface area (Å²) in [7, 11) is 0. The second kappa shape index (κ2) is 7.65. The number of hydrogen-bond donors (Lipinski definition) is 0. The molecule has 142 valence electrons. The van der Waals surface area contributed by atoms with Crippen molar-refractivity contribution in [3.63, 3.8) is 0 Å². The van der Waals surface area contributed by atoms with Gasteiger partial charge in [0, 0.05) is 17.3 Å². The summed E-state index contributed by atoms with van der Waals surface area (Å²) >= 11 is 5.93. The molecule has 0 saturated heterocycles. The standard InChI is InChI=1S/C21H13ClN4O3/c22-14-8-10-18(19(13-14)26(28)29)25-20(11-9-15-5-3-4-12-23-15)24-17-7-2-1-6-16(17)21(25)27/h1-13H. The molecule has 29 heavy (non-hydrogen) atoms. The minimum Gasteiger partial charge on any atom is -0.268 e. The average molecular weight is 405 g/mol. The van der Waals surface area contributed by atoms with Crippen LogP contribution in [0.1, 0.15) is 11.5 Å². The summed E-state index contributed by atoms with van der Waals surface area (Å²) < 4.78 is 1.22. The topological polar surface area (TPSA) is 90.9 Å². The van der Waals surface area contributed by atoms with Crippen molar-refractivity contribution in [2.24, 2.45) is 0 Å². The lowest BCUT2D eigenvalue weighted by atomic mass is 10.2. The predicted molar refractivity (Wildman–Crippen MR) is 112 cm³/mol. The van der Waals surface area contributed by atoms with E-state index in [-0.39, 0.29) is 22.2 Å². The molecular weight excluding hydrogens is 392 g/mol. The Hall–Kier alpha value is -3.84. The van der Waals surface area contributed by atoms with Crippen LogP contribution in [0.3, 0.4) is 0 Å². The fourth-order valence-corrected chi connectivity index (χ4v) is 3.13. The zero-order valence-corrected chi connectivity index (χ0v) is 15.7. The SMILES string of the molecule is O=c1c2ccccc2nc(C=Cc2ccccn2)n1-c1ccc(Cl)cc1[N+](=O)[O-]. The van der Waals surface area contributed by atoms with E-state index >= 15 is 0 Å². The van der Waals surface area contributed by atoms with Crippen LogP contribution in [0.2, 0.25) is 5.02 Å². The lowest BCUT2D eigenvalue weighted by Gasteiger charge is -2.12. The van der Waals surface area contributed by atoms with Crippen LogP contribution in [0.5, 0.6) is 0 Å². The van der Waals surface area contributed by atoms with E-state index < -0.39 is 10.5 Å². The molecule has 2 aromatic carbocycles. The number of hydrogen-bond acceptors (Lipinski definition) is 5. The molecule has 0 fully saturated rings. The Bertz CT molecular complexity index is 1320. The molecule has 0 aliphatic heterocycles. The molecular formula is C21H13ClN4O3. The number of nitro groups is 1. The van der Waals surface area contributed by atoms with E-state index in [9.17, 15) is 14.9 Å². The Morgan fingerprint density at radius 1 is 1.03 bits per heavy atom. The zero-order valence-electron chi connectivity index (χ0n) is 14.9. The van der Waals surface area contributed by atoms with Gasteiger partial charge in [0.05, 0.1) is 21.5 Å². The van der Waals surface area contributed by atoms with Crippen molar-refractivity contribution in [2.75, 3.05) is 0 Å². The molecule has 0 aliphatic rings. The third-order valence-corrected chi connectivity index (χ3v) is 4.50. The van der Waals surface area contributed by atoms with Gasteiger partial charge in [-0.2, -0.15) is 0 Å². The van der Waals surface area contributed by atoms with Gasteiger partial charge in [-0.1, -0.05) is 29.8 Å². The first kappa shape index (κ1) is 18.5. The van der Waals surface area contributed by atoms with Gasteiger partial charge in [-0.3, -0.25) is 24.5 Å². The van der Waals surface area contributed by atoms with Gasteiger partial charge in [-0.25, -0.2) is 4.98 Å². The van der Waals surface area contributed by atoms with E-state index in [0.717, 1.165) is 0 Å². The third-order valence-electron chi connectivity index (χ3n) is 4.27. The summed E-state index contributed by atoms with van der Waals surface area (Å²) in [4.78, 5) is 33.0. The highest BCUT2D eigenvalue weighted by molar-refractivity contribution is 6.30. The number of aromatic nitrogens is 3. The van der Waals surface area contributed by atoms with Gasteiger partial charge in [0.25, 0.3) is 11.2 Å². The van der Waals surface area contributed by atoms with Crippen LogP contribution in [0.25, 0.3) is 28.7 Å². The molecule has 0 aliphatic carbocycles. The second-order valence-electron chi connectivity index (χ2n) is 6.11. The van der Waals surface area contributed by atoms with Gasteiger partial charge in [0.1, 0.15) is 11.5 Å². The van der Waals surface area contributed by atoms with E-state index in [1.807, 2.05) is 6.07 Å². The Kier molecular flexibility index (Phi) is 4.88. The lowest BCUT2D eigenvalue weighted by Crippen LogP contribution is -2.23. The Morgan fingerprint density at radius 3 is 2.59 bits per heavy atom. The first-order valence-corrected chi connectivity index (χ1v) is 8.97. The molecule has 0 saturated carbocycles. The summed E-state index contributed by atoms with van der Waals surface area (Å²) in [6.45, 7) is 0. The Morgan fingerprint density at radius 2 is 1.83 bits per heavy atom. The number of nitrogens with zero attached hydrogens (tertiary/aromatic N) is 4. The van der Waals surface area contributed by atoms with Gasteiger partial charge in [-0.15, -0.1) is 0 Å². The first-order valence-electron chi connectivity index (χ1n) is 8.60. The van der Waals surface area contributed by atoms with Crippen molar-refractivity contribution < 1.29 is 4.92 Å². The van der Waals surface area contributed by atoms with Crippen molar-refractivity contribution in [1.82, 2.24) is 14.5 Å². The Labute approximate surface area is 169 Å². The van der Waals surface area contributed by atoms with Crippen LogP contribution in [-0.2, 0) is 0 Å². The Balaban J connectivity index is 2.02. The summed E-state index contributed by atoms with van der Waals surface area (Å²) in [5, 5.41) is 12.2. The summed E-state index contributed by atoms with van der Waals surface area (Å²) in [6.07, 6.45) is 4.94. The molecule has 2 aromatic heterocycles. The van der Waals surface area contributed by atoms with Crippen molar-refractivity contribution in [2.45, 2.75) is 0 Å². The molecule has 4 rings (SSSR count). The molecule has 4 aromatic rings. The normalized spacial score (nSPS) is 11.2. The van der Waals surface area contributed by atoms with E-state index in [4.69, 9.17) is 11.6 Å². The monoisotopic (exact) mass is 404 g/mol. The van der Waals surface area contributed by atoms with Crippen molar-refractivity contribution in [3.8, 4) is 5.69 Å². The van der Waals surface area contributed by atoms with E-state index in [1.165, 1.54) is 22.8 Å². The number of halogens is 1. The maximum atomic E-state index is 13.2. The molecule has 0 spiro atoms. The van der Waals surface area contributed by atoms with Gasteiger partial charge in [-0.05, 0) is 48.6 Å². The highest BCUT2D eigenvalue weighted by Crippen LogP contribution is 2.27. The summed E-state index contributed by atoms with van der Waals surface area (Å²) in [5.41, 5.74) is 0.535. The van der Waals surface area contributed by atoms with Crippen LogP contribution in [0.15, 0.2) is 71.7 Å². The molecule has 0 bridgehead atoms. The van der Waals surface area contributed by atoms with Crippen LogP contribution in [-0.4, -0.2) is 19.5 Å². The quantitative estimate of drug-likeness (QED) is 0.368. The smallest absolute Gasteiger partial charge is 0.268 e. The molecule has 8 heteroatoms. The third kappa shape index (κ3) is 3.63. The number of para-hydroxylation sites is 1. The molecule has 0 atom stereocenters. The van der Waals surface area contributed by atoms with Crippen LogP contribution in [0, 0.1) is 10.1 Å². The highest BCUT2D eigenvalue weighted by atomic mass is 35.5. The number of fused-ring (bicyclic) bond motifs is 1. The largest absolute Gasteiger partial charge is 0.294 e. The average Bonchev–Trinajstić information content (AvgIpc) is 2.73. The molecule has 0 N–H and O–H groups in total. The number of nitro benzene ring substituents is 1. The molecule has 0 radical (unpaired) electrons. The predicted octanol–water partition coefficient (Wildman–Crippen LogP) is 4.51. The van der Waals surface area contributed by atoms with E-state index in [1.54, 1.807) is 54.7 Å². The van der Waals surface area contributed by atoms with Crippen LogP contribution in [0.4, 0.5) is 5.69 Å². The van der Waals surface area contributed by atoms with Crippen LogP contribution < -0.4 is 5.56 Å². The number of pyridine rings is 1. The van der Waals surface area contributed by atoms with Crippen molar-refractivity contribution in [3.05, 3.63) is 104 Å². The van der Waals surface area contributed by atoms with E-state index in [2.05, 4.69) is 9.97 Å². The zero-order chi connectivity index (χ0) is 20.4. The highest BCUT2D eigenvalue weighted by Gasteiger charge is 2.20. The molecule has 7 nitrogen and oxygen atoms in total. The van der Waals surface area contributed by atoms with Gasteiger partial charge in [0.2, 0.25) is 0 Å². The molecule has 2 heterocycles. The molecule has 0 unspecified atom stereocenters. The van der Waals surface area contributed by atoms with Gasteiger partial charge < -0.3 is 0 Å². The maximum absolute atomic E-state index is 13.2. The minimum atomic E-state index is -0.574. The summed E-state index contributed by atoms with van der Waals surface area (Å²) in [5.74, 6) is 0.241. The van der Waals surface area contributed by atoms with Crippen molar-refractivity contribution in [1.29, 1.82) is 0 Å². The van der Waals surface area contributed by atoms with Gasteiger partial charge >= 0.3 is 0 Å². The molecule has 0 amide bonds. The van der Waals surface area contributed by atoms with Crippen LogP contribution >= 0.6 is 11.6 Å². The second-order valence-corrected chi connectivity index (χ2v) is 6.54. The number of rotatable bonds is 4. The number of benzene rings is 2. The van der Waals surface area contributed by atoms with Crippen molar-refractivity contribution >= 4 is 40.3 Å². The van der Waals surface area contributed by atoms with E-state index in [0.29, 0.717) is 16.6 Å². The fourth-order valence-electron chi connectivity index (χ4n) is 2.96. The summed E-state index contributed by atoms with van der Waals surface area (Å²) in [6, 6.07) is 16.4. The van der Waals surface area contributed by atoms with Gasteiger partial charge in [0.15, 0.2) is 0 Å².